The molecule has 0 aliphatic rings. The molecule has 0 amide bonds. The Hall–Kier alpha value is -3.08. The first kappa shape index (κ1) is 23.0. The molecule has 0 aliphatic carbocycles. The summed E-state index contributed by atoms with van der Waals surface area (Å²) in [4.78, 5) is 20.9. The monoisotopic (exact) mass is 384 g/mol. The second kappa shape index (κ2) is 10.9. The Morgan fingerprint density at radius 2 is 1.71 bits per heavy atom. The molecule has 28 heavy (non-hydrogen) atoms. The van der Waals surface area contributed by atoms with Crippen molar-refractivity contribution in [2.24, 2.45) is 5.92 Å². The van der Waals surface area contributed by atoms with Crippen LogP contribution in [0.15, 0.2) is 55.1 Å². The highest BCUT2D eigenvalue weighted by molar-refractivity contribution is 5.71. The average molecular weight is 384 g/mol. The molecule has 0 radical (unpaired) electrons. The fraction of sp³-hybridized carbons (Fsp3) is 0.304. The van der Waals surface area contributed by atoms with Gasteiger partial charge in [-0.2, -0.15) is 0 Å². The topological polar surface area (TPSA) is 83.8 Å². The first-order chi connectivity index (χ1) is 13.2. The van der Waals surface area contributed by atoms with E-state index >= 15 is 0 Å². The predicted octanol–water partition coefficient (Wildman–Crippen LogP) is 4.87. The van der Waals surface area contributed by atoms with Crippen molar-refractivity contribution in [3.63, 3.8) is 0 Å². The van der Waals surface area contributed by atoms with Crippen LogP contribution in [0.4, 0.5) is 0 Å². The zero-order valence-corrected chi connectivity index (χ0v) is 16.8. The van der Waals surface area contributed by atoms with Crippen molar-refractivity contribution in [3.8, 4) is 11.5 Å². The lowest BCUT2D eigenvalue weighted by Crippen LogP contribution is -2.06. The van der Waals surface area contributed by atoms with Crippen LogP contribution in [0.3, 0.4) is 0 Å². The van der Waals surface area contributed by atoms with Crippen molar-refractivity contribution in [1.82, 2.24) is 0 Å². The number of phenols is 1. The van der Waals surface area contributed by atoms with Crippen LogP contribution in [0.25, 0.3) is 0 Å². The maximum absolute atomic E-state index is 11.2. The van der Waals surface area contributed by atoms with Gasteiger partial charge in [0.25, 0.3) is 0 Å². The van der Waals surface area contributed by atoms with E-state index in [0.717, 1.165) is 17.5 Å². The number of allylic oxidation sites excluding steroid dienone is 1. The van der Waals surface area contributed by atoms with Crippen molar-refractivity contribution in [2.45, 2.75) is 40.0 Å². The smallest absolute Gasteiger partial charge is 0.308 e. The summed E-state index contributed by atoms with van der Waals surface area (Å²) < 4.78 is 5.14. The Kier molecular flexibility index (Phi) is 8.96. The summed E-state index contributed by atoms with van der Waals surface area (Å²) in [7, 11) is 0. The third kappa shape index (κ3) is 6.91. The summed E-state index contributed by atoms with van der Waals surface area (Å²) in [6, 6.07) is 13.7. The van der Waals surface area contributed by atoms with E-state index in [9.17, 15) is 14.7 Å². The van der Waals surface area contributed by atoms with Crippen molar-refractivity contribution in [3.05, 3.63) is 71.8 Å². The number of rotatable bonds is 6. The number of aryl methyl sites for hydroxylation is 1. The molecule has 2 rings (SSSR count). The first-order valence-electron chi connectivity index (χ1n) is 9.07. The maximum Gasteiger partial charge on any atom is 0.308 e. The Bertz CT molecular complexity index is 809. The molecule has 1 unspecified atom stereocenters. The molecule has 0 saturated carbocycles. The molecule has 0 bridgehead atoms. The summed E-state index contributed by atoms with van der Waals surface area (Å²) in [5.41, 5.74) is 2.58. The molecular weight excluding hydrogens is 356 g/mol. The van der Waals surface area contributed by atoms with Crippen LogP contribution >= 0.6 is 0 Å². The van der Waals surface area contributed by atoms with Gasteiger partial charge in [0.05, 0.1) is 5.92 Å². The van der Waals surface area contributed by atoms with Gasteiger partial charge >= 0.3 is 11.9 Å². The minimum atomic E-state index is -0.741. The number of hydrogen-bond donors (Lipinski definition) is 2. The highest BCUT2D eigenvalue weighted by Gasteiger charge is 2.19. The number of ether oxygens (including phenoxy) is 1. The Labute approximate surface area is 166 Å². The van der Waals surface area contributed by atoms with Crippen LogP contribution in [0.5, 0.6) is 11.5 Å². The molecule has 2 aromatic rings. The molecule has 1 atom stereocenters. The van der Waals surface area contributed by atoms with Gasteiger partial charge in [-0.3, -0.25) is 9.59 Å². The van der Waals surface area contributed by atoms with Gasteiger partial charge in [-0.25, -0.2) is 0 Å². The van der Waals surface area contributed by atoms with Crippen LogP contribution < -0.4 is 4.74 Å². The first-order valence-corrected chi connectivity index (χ1v) is 9.07. The summed E-state index contributed by atoms with van der Waals surface area (Å²) in [5.74, 6) is -1.24. The van der Waals surface area contributed by atoms with E-state index in [1.807, 2.05) is 42.5 Å². The minimum absolute atomic E-state index is 0.0102. The molecule has 0 fully saturated rings. The molecule has 0 aliphatic heterocycles. The Balaban J connectivity index is 0.000000568. The van der Waals surface area contributed by atoms with Gasteiger partial charge < -0.3 is 14.9 Å². The standard InChI is InChI=1S/C19H20O3.C4H8O2/c1-4-16(12-15-8-6-5-7-9-15)17-11-10-13(2)19(18(17)21)22-14(3)20;1-3(2)4(5)6/h4-11,16,21H,1,12H2,2-3H3;3H,1-2H3,(H,5,6). The Morgan fingerprint density at radius 3 is 2.18 bits per heavy atom. The number of aliphatic carboxylic acids is 1. The minimum Gasteiger partial charge on any atom is -0.504 e. The summed E-state index contributed by atoms with van der Waals surface area (Å²) in [5, 5.41) is 18.5. The number of carbonyl (C=O) groups is 2. The zero-order valence-electron chi connectivity index (χ0n) is 16.8. The highest BCUT2D eigenvalue weighted by atomic mass is 16.5. The fourth-order valence-corrected chi connectivity index (χ4v) is 2.45. The number of carbonyl (C=O) groups excluding carboxylic acids is 1. The third-order valence-corrected chi connectivity index (χ3v) is 4.08. The van der Waals surface area contributed by atoms with Gasteiger partial charge in [0.1, 0.15) is 0 Å². The van der Waals surface area contributed by atoms with Gasteiger partial charge in [-0.1, -0.05) is 62.4 Å². The lowest BCUT2D eigenvalue weighted by Gasteiger charge is -2.18. The predicted molar refractivity (Wildman–Crippen MR) is 110 cm³/mol. The summed E-state index contributed by atoms with van der Waals surface area (Å²) in [6.07, 6.45) is 2.52. The number of hydrogen-bond acceptors (Lipinski definition) is 4. The quantitative estimate of drug-likeness (QED) is 0.422. The van der Waals surface area contributed by atoms with Gasteiger partial charge in [0.2, 0.25) is 0 Å². The van der Waals surface area contributed by atoms with Crippen LogP contribution in [0.1, 0.15) is 43.4 Å². The fourth-order valence-electron chi connectivity index (χ4n) is 2.45. The van der Waals surface area contributed by atoms with Gasteiger partial charge in [0, 0.05) is 18.4 Å². The lowest BCUT2D eigenvalue weighted by molar-refractivity contribution is -0.140. The van der Waals surface area contributed by atoms with Crippen LogP contribution in [0, 0.1) is 12.8 Å². The van der Waals surface area contributed by atoms with Gasteiger partial charge in [-0.15, -0.1) is 6.58 Å². The Morgan fingerprint density at radius 1 is 1.14 bits per heavy atom. The largest absolute Gasteiger partial charge is 0.504 e. The SMILES string of the molecule is C=CC(Cc1ccccc1)c1ccc(C)c(OC(C)=O)c1O.CC(C)C(=O)O. The summed E-state index contributed by atoms with van der Waals surface area (Å²) in [6.45, 7) is 10.3. The lowest BCUT2D eigenvalue weighted by atomic mass is 9.90. The van der Waals surface area contributed by atoms with Crippen molar-refractivity contribution in [2.75, 3.05) is 0 Å². The number of benzene rings is 2. The van der Waals surface area contributed by atoms with E-state index in [0.29, 0.717) is 5.56 Å². The van der Waals surface area contributed by atoms with Crippen LogP contribution in [-0.4, -0.2) is 22.2 Å². The number of esters is 1. The van der Waals surface area contributed by atoms with Gasteiger partial charge in [-0.05, 0) is 24.5 Å². The second-order valence-electron chi connectivity index (χ2n) is 6.77. The molecule has 0 aromatic heterocycles. The van der Waals surface area contributed by atoms with Crippen molar-refractivity contribution < 1.29 is 24.5 Å². The molecule has 150 valence electrons. The van der Waals surface area contributed by atoms with E-state index in [1.54, 1.807) is 26.8 Å². The molecule has 0 saturated heterocycles. The zero-order chi connectivity index (χ0) is 21.3. The molecular formula is C23H28O5. The molecule has 2 aromatic carbocycles. The highest BCUT2D eigenvalue weighted by Crippen LogP contribution is 2.39. The van der Waals surface area contributed by atoms with E-state index < -0.39 is 11.9 Å². The maximum atomic E-state index is 11.2. The summed E-state index contributed by atoms with van der Waals surface area (Å²) >= 11 is 0. The van der Waals surface area contributed by atoms with Crippen LogP contribution in [-0.2, 0) is 16.0 Å². The third-order valence-electron chi connectivity index (χ3n) is 4.08. The van der Waals surface area contributed by atoms with Crippen LogP contribution in [0.2, 0.25) is 0 Å². The molecule has 0 spiro atoms. The van der Waals surface area contributed by atoms with Crippen molar-refractivity contribution in [1.29, 1.82) is 0 Å². The van der Waals surface area contributed by atoms with E-state index in [4.69, 9.17) is 9.84 Å². The number of aromatic hydroxyl groups is 1. The number of carboxylic acid groups (broad SMARTS) is 1. The molecule has 0 heterocycles. The number of carboxylic acids is 1. The average Bonchev–Trinajstić information content (AvgIpc) is 2.65. The van der Waals surface area contributed by atoms with E-state index in [2.05, 4.69) is 6.58 Å². The van der Waals surface area contributed by atoms with Gasteiger partial charge in [0.15, 0.2) is 11.5 Å². The van der Waals surface area contributed by atoms with Crippen molar-refractivity contribution >= 4 is 11.9 Å². The normalized spacial score (nSPS) is 11.2. The van der Waals surface area contributed by atoms with E-state index in [-0.39, 0.29) is 23.3 Å². The number of phenolic OH excluding ortho intramolecular Hbond substituents is 1. The molecule has 5 heteroatoms. The second-order valence-corrected chi connectivity index (χ2v) is 6.77. The van der Waals surface area contributed by atoms with E-state index in [1.165, 1.54) is 6.92 Å². The molecule has 2 N–H and O–H groups in total. The molecule has 5 nitrogen and oxygen atoms in total.